The zero-order valence-corrected chi connectivity index (χ0v) is 15.7. The van der Waals surface area contributed by atoms with Crippen LogP contribution in [-0.2, 0) is 9.53 Å². The predicted molar refractivity (Wildman–Crippen MR) is 105 cm³/mol. The maximum absolute atomic E-state index is 14.7. The molecule has 1 aliphatic rings. The lowest BCUT2D eigenvalue weighted by Gasteiger charge is -2.28. The molecule has 1 aliphatic heterocycles. The van der Waals surface area contributed by atoms with Crippen LogP contribution in [0.2, 0.25) is 0 Å². The summed E-state index contributed by atoms with van der Waals surface area (Å²) in [6.45, 7) is 1.76. The molecule has 0 aliphatic carbocycles. The van der Waals surface area contributed by atoms with Crippen molar-refractivity contribution in [1.82, 2.24) is 0 Å². The molecule has 0 amide bonds. The van der Waals surface area contributed by atoms with Gasteiger partial charge in [-0.25, -0.2) is 9.18 Å². The summed E-state index contributed by atoms with van der Waals surface area (Å²) in [7, 11) is 0. The van der Waals surface area contributed by atoms with E-state index in [1.807, 2.05) is 12.1 Å². The van der Waals surface area contributed by atoms with Crippen molar-refractivity contribution < 1.29 is 18.7 Å². The van der Waals surface area contributed by atoms with E-state index in [1.54, 1.807) is 25.1 Å². The third kappa shape index (κ3) is 2.84. The number of benzene rings is 2. The van der Waals surface area contributed by atoms with E-state index in [9.17, 15) is 14.0 Å². The molecule has 1 aromatic heterocycles. The summed E-state index contributed by atoms with van der Waals surface area (Å²) in [5.74, 6) is -2.25. The fraction of sp³-hybridized carbons (Fsp3) is 0.143. The second-order valence-electron chi connectivity index (χ2n) is 6.18. The summed E-state index contributed by atoms with van der Waals surface area (Å²) in [4.78, 5) is 25.6. The van der Waals surface area contributed by atoms with Gasteiger partial charge >= 0.3 is 5.97 Å². The van der Waals surface area contributed by atoms with Crippen molar-refractivity contribution in [2.75, 3.05) is 6.61 Å². The lowest BCUT2D eigenvalue weighted by atomic mass is 9.83. The minimum atomic E-state index is -1.02. The van der Waals surface area contributed by atoms with Crippen molar-refractivity contribution in [1.29, 1.82) is 0 Å². The average molecular weight is 397 g/mol. The number of esters is 1. The first-order chi connectivity index (χ1) is 13.5. The molecule has 0 fully saturated rings. The number of hydrogen-bond donors (Lipinski definition) is 1. The van der Waals surface area contributed by atoms with Crippen LogP contribution >= 0.6 is 11.3 Å². The van der Waals surface area contributed by atoms with Crippen LogP contribution in [0.25, 0.3) is 10.1 Å². The Kier molecular flexibility index (Phi) is 4.60. The summed E-state index contributed by atoms with van der Waals surface area (Å²) in [5, 5.41) is 0.675. The van der Waals surface area contributed by atoms with E-state index >= 15 is 0 Å². The van der Waals surface area contributed by atoms with Gasteiger partial charge in [-0.1, -0.05) is 41.7 Å². The van der Waals surface area contributed by atoms with Gasteiger partial charge in [0.05, 0.1) is 18.1 Å². The van der Waals surface area contributed by atoms with Crippen LogP contribution in [0, 0.1) is 5.82 Å². The molecule has 0 radical (unpaired) electrons. The smallest absolute Gasteiger partial charge is 0.340 e. The topological polar surface area (TPSA) is 78.6 Å². The summed E-state index contributed by atoms with van der Waals surface area (Å²) in [6, 6.07) is 13.2. The number of carbonyl (C=O) groups is 1. The third-order valence-electron chi connectivity index (χ3n) is 4.57. The van der Waals surface area contributed by atoms with Crippen LogP contribution in [0.5, 0.6) is 5.75 Å². The number of rotatable bonds is 3. The van der Waals surface area contributed by atoms with E-state index in [-0.39, 0.29) is 39.7 Å². The average Bonchev–Trinajstić information content (AvgIpc) is 2.67. The van der Waals surface area contributed by atoms with E-state index < -0.39 is 17.7 Å². The Balaban J connectivity index is 2.07. The van der Waals surface area contributed by atoms with Gasteiger partial charge < -0.3 is 15.2 Å². The molecule has 2 N–H and O–H groups in total. The SMILES string of the molecule is CCOC(=O)C1=C(N)Oc2c(c(=O)sc3ccccc23)C1c1ccccc1F. The molecule has 5 nitrogen and oxygen atoms in total. The Morgan fingerprint density at radius 2 is 1.93 bits per heavy atom. The number of carbonyl (C=O) groups excluding carboxylic acids is 1. The molecular weight excluding hydrogens is 381 g/mol. The van der Waals surface area contributed by atoms with E-state index in [1.165, 1.54) is 18.2 Å². The van der Waals surface area contributed by atoms with Gasteiger partial charge in [-0.05, 0) is 25.1 Å². The first-order valence-electron chi connectivity index (χ1n) is 8.67. The fourth-order valence-corrected chi connectivity index (χ4v) is 4.33. The molecular formula is C21H16FNO4S. The van der Waals surface area contributed by atoms with Crippen LogP contribution < -0.4 is 15.2 Å². The van der Waals surface area contributed by atoms with E-state index in [0.717, 1.165) is 11.3 Å². The molecule has 2 aromatic carbocycles. The number of nitrogens with two attached hydrogens (primary N) is 1. The standard InChI is InChI=1S/C21H16FNO4S/c1-2-26-20(24)17-15(11-7-3-5-9-13(11)22)16-18(27-19(17)23)12-8-4-6-10-14(12)28-21(16)25/h3-10,15H,2,23H2,1H3. The fourth-order valence-electron chi connectivity index (χ4n) is 3.39. The highest BCUT2D eigenvalue weighted by atomic mass is 32.1. The van der Waals surface area contributed by atoms with Crippen LogP contribution in [0.15, 0.2) is 64.8 Å². The second-order valence-corrected chi connectivity index (χ2v) is 7.20. The first kappa shape index (κ1) is 18.2. The van der Waals surface area contributed by atoms with Crippen LogP contribution in [0.1, 0.15) is 24.0 Å². The zero-order chi connectivity index (χ0) is 19.8. The maximum atomic E-state index is 14.7. The molecule has 0 saturated heterocycles. The molecule has 7 heteroatoms. The van der Waals surface area contributed by atoms with Crippen molar-refractivity contribution in [2.24, 2.45) is 5.73 Å². The molecule has 1 unspecified atom stereocenters. The normalized spacial score (nSPS) is 15.9. The van der Waals surface area contributed by atoms with Gasteiger partial charge in [0.1, 0.15) is 17.1 Å². The number of halogens is 1. The first-order valence-corrected chi connectivity index (χ1v) is 9.49. The molecule has 4 rings (SSSR count). The van der Waals surface area contributed by atoms with Gasteiger partial charge in [0.2, 0.25) is 10.6 Å². The van der Waals surface area contributed by atoms with E-state index in [4.69, 9.17) is 15.2 Å². The lowest BCUT2D eigenvalue weighted by molar-refractivity contribution is -0.139. The summed E-state index contributed by atoms with van der Waals surface area (Å²) in [5.41, 5.74) is 6.36. The van der Waals surface area contributed by atoms with Gasteiger partial charge in [-0.15, -0.1) is 0 Å². The zero-order valence-electron chi connectivity index (χ0n) is 14.9. The van der Waals surface area contributed by atoms with Gasteiger partial charge in [-0.3, -0.25) is 4.79 Å². The van der Waals surface area contributed by atoms with Crippen LogP contribution in [0.4, 0.5) is 4.39 Å². The molecule has 142 valence electrons. The molecule has 3 aromatic rings. The van der Waals surface area contributed by atoms with Gasteiger partial charge in [0, 0.05) is 15.6 Å². The van der Waals surface area contributed by atoms with Crippen LogP contribution in [0.3, 0.4) is 0 Å². The summed E-state index contributed by atoms with van der Waals surface area (Å²) >= 11 is 1.02. The second kappa shape index (κ2) is 7.09. The van der Waals surface area contributed by atoms with Gasteiger partial charge in [0.15, 0.2) is 0 Å². The Morgan fingerprint density at radius 3 is 2.68 bits per heavy atom. The van der Waals surface area contributed by atoms with Crippen molar-refractivity contribution >= 4 is 27.4 Å². The summed E-state index contributed by atoms with van der Waals surface area (Å²) < 4.78 is 25.9. The number of fused-ring (bicyclic) bond motifs is 3. The van der Waals surface area contributed by atoms with Gasteiger partial charge in [-0.2, -0.15) is 0 Å². The Bertz CT molecular complexity index is 1180. The Labute approximate surface area is 163 Å². The minimum Gasteiger partial charge on any atom is -0.462 e. The molecule has 28 heavy (non-hydrogen) atoms. The lowest BCUT2D eigenvalue weighted by Crippen LogP contribution is -2.31. The molecule has 0 bridgehead atoms. The van der Waals surface area contributed by atoms with Crippen molar-refractivity contribution in [3.8, 4) is 5.75 Å². The minimum absolute atomic E-state index is 0.0703. The van der Waals surface area contributed by atoms with E-state index in [2.05, 4.69) is 0 Å². The molecule has 1 atom stereocenters. The largest absolute Gasteiger partial charge is 0.462 e. The molecule has 2 heterocycles. The highest BCUT2D eigenvalue weighted by Crippen LogP contribution is 2.45. The Morgan fingerprint density at radius 1 is 1.21 bits per heavy atom. The highest BCUT2D eigenvalue weighted by Gasteiger charge is 2.39. The third-order valence-corrected chi connectivity index (χ3v) is 5.55. The van der Waals surface area contributed by atoms with Crippen molar-refractivity contribution in [3.63, 3.8) is 0 Å². The number of hydrogen-bond acceptors (Lipinski definition) is 6. The molecule has 0 spiro atoms. The van der Waals surface area contributed by atoms with Crippen molar-refractivity contribution in [2.45, 2.75) is 12.8 Å². The highest BCUT2D eigenvalue weighted by molar-refractivity contribution is 7.16. The van der Waals surface area contributed by atoms with E-state index in [0.29, 0.717) is 10.1 Å². The van der Waals surface area contributed by atoms with Crippen molar-refractivity contribution in [3.05, 3.63) is 86.5 Å². The monoisotopic (exact) mass is 397 g/mol. The Hall–Kier alpha value is -3.19. The van der Waals surface area contributed by atoms with Crippen LogP contribution in [-0.4, -0.2) is 12.6 Å². The number of ether oxygens (including phenoxy) is 2. The molecule has 0 saturated carbocycles. The quantitative estimate of drug-likeness (QED) is 0.683. The van der Waals surface area contributed by atoms with Gasteiger partial charge in [0.25, 0.3) is 0 Å². The maximum Gasteiger partial charge on any atom is 0.340 e. The summed E-state index contributed by atoms with van der Waals surface area (Å²) in [6.07, 6.45) is 0. The predicted octanol–water partition coefficient (Wildman–Crippen LogP) is 3.66.